The van der Waals surface area contributed by atoms with Crippen LogP contribution in [0.4, 0.5) is 4.79 Å². The highest BCUT2D eigenvalue weighted by molar-refractivity contribution is 5.67. The Morgan fingerprint density at radius 2 is 2.38 bits per heavy atom. The lowest BCUT2D eigenvalue weighted by molar-refractivity contribution is 0.0482. The first-order valence-electron chi connectivity index (χ1n) is 5.89. The van der Waals surface area contributed by atoms with Crippen LogP contribution in [0.2, 0.25) is 0 Å². The molecule has 1 saturated heterocycles. The van der Waals surface area contributed by atoms with Gasteiger partial charge in [-0.25, -0.2) is 4.79 Å². The van der Waals surface area contributed by atoms with E-state index in [2.05, 4.69) is 0 Å². The van der Waals surface area contributed by atoms with Gasteiger partial charge in [0.15, 0.2) is 0 Å². The van der Waals surface area contributed by atoms with Gasteiger partial charge in [0.05, 0.1) is 19.3 Å². The van der Waals surface area contributed by atoms with E-state index in [0.29, 0.717) is 19.7 Å². The van der Waals surface area contributed by atoms with Crippen LogP contribution in [0.15, 0.2) is 0 Å². The minimum atomic E-state index is -0.728. The lowest BCUT2D eigenvalue weighted by Gasteiger charge is -2.18. The molecule has 0 aromatic heterocycles. The van der Waals surface area contributed by atoms with Crippen molar-refractivity contribution in [3.8, 4) is 0 Å². The molecular weight excluding hydrogens is 210 g/mol. The summed E-state index contributed by atoms with van der Waals surface area (Å²) in [5.41, 5.74) is 0. The van der Waals surface area contributed by atoms with Crippen LogP contribution in [0.1, 0.15) is 26.2 Å². The normalized spacial score (nSPS) is 22.2. The summed E-state index contributed by atoms with van der Waals surface area (Å²) in [6, 6.07) is 0. The molecule has 0 aromatic carbocycles. The van der Waals surface area contributed by atoms with E-state index in [4.69, 9.17) is 9.84 Å². The molecule has 2 N–H and O–H groups in total. The minimum absolute atomic E-state index is 0.0243. The summed E-state index contributed by atoms with van der Waals surface area (Å²) in [4.78, 5) is 13.1. The van der Waals surface area contributed by atoms with E-state index in [1.165, 1.54) is 0 Å². The maximum atomic E-state index is 11.5. The van der Waals surface area contributed by atoms with E-state index in [-0.39, 0.29) is 18.6 Å². The average Bonchev–Trinajstić information content (AvgIpc) is 2.77. The van der Waals surface area contributed by atoms with Crippen molar-refractivity contribution in [2.24, 2.45) is 5.92 Å². The molecule has 0 radical (unpaired) electrons. The lowest BCUT2D eigenvalue weighted by Crippen LogP contribution is -2.32. The zero-order chi connectivity index (χ0) is 12.0. The van der Waals surface area contributed by atoms with Gasteiger partial charge in [0, 0.05) is 19.0 Å². The molecule has 1 aliphatic rings. The molecule has 1 amide bonds. The molecular formula is C11H21NO4. The molecule has 1 heterocycles. The van der Waals surface area contributed by atoms with Crippen molar-refractivity contribution in [2.45, 2.75) is 32.3 Å². The second kappa shape index (κ2) is 6.70. The summed E-state index contributed by atoms with van der Waals surface area (Å²) in [6.45, 7) is 3.33. The Balaban J connectivity index is 2.26. The minimum Gasteiger partial charge on any atom is -0.449 e. The first kappa shape index (κ1) is 13.3. The molecule has 1 rings (SSSR count). The summed E-state index contributed by atoms with van der Waals surface area (Å²) >= 11 is 0. The van der Waals surface area contributed by atoms with E-state index in [9.17, 15) is 9.90 Å². The van der Waals surface area contributed by atoms with E-state index in [1.807, 2.05) is 6.92 Å². The first-order chi connectivity index (χ1) is 7.69. The molecule has 2 atom stereocenters. The summed E-state index contributed by atoms with van der Waals surface area (Å²) < 4.78 is 5.07. The second-order valence-electron chi connectivity index (χ2n) is 4.21. The molecule has 1 fully saturated rings. The number of amides is 1. The van der Waals surface area contributed by atoms with Gasteiger partial charge in [-0.3, -0.25) is 0 Å². The Labute approximate surface area is 96.0 Å². The molecule has 94 valence electrons. The molecule has 5 heteroatoms. The Hall–Kier alpha value is -0.810. The number of hydrogen-bond acceptors (Lipinski definition) is 4. The number of unbranched alkanes of at least 4 members (excludes halogenated alkanes) is 1. The second-order valence-corrected chi connectivity index (χ2v) is 4.21. The van der Waals surface area contributed by atoms with Gasteiger partial charge in [-0.05, 0) is 12.8 Å². The van der Waals surface area contributed by atoms with E-state index >= 15 is 0 Å². The molecule has 2 unspecified atom stereocenters. The number of nitrogens with zero attached hydrogens (tertiary/aromatic N) is 1. The topological polar surface area (TPSA) is 70.0 Å². The van der Waals surface area contributed by atoms with Crippen molar-refractivity contribution in [1.82, 2.24) is 4.90 Å². The van der Waals surface area contributed by atoms with Gasteiger partial charge in [-0.15, -0.1) is 0 Å². The van der Waals surface area contributed by atoms with Crippen LogP contribution in [-0.4, -0.2) is 53.6 Å². The number of rotatable bonds is 5. The van der Waals surface area contributed by atoms with Gasteiger partial charge in [0.25, 0.3) is 0 Å². The molecule has 16 heavy (non-hydrogen) atoms. The van der Waals surface area contributed by atoms with Crippen LogP contribution in [-0.2, 0) is 4.74 Å². The van der Waals surface area contributed by atoms with Crippen molar-refractivity contribution >= 4 is 6.09 Å². The largest absolute Gasteiger partial charge is 0.449 e. The van der Waals surface area contributed by atoms with Crippen molar-refractivity contribution in [3.05, 3.63) is 0 Å². The number of aliphatic hydroxyl groups excluding tert-OH is 2. The van der Waals surface area contributed by atoms with Crippen LogP contribution in [0.5, 0.6) is 0 Å². The molecule has 1 aliphatic heterocycles. The zero-order valence-electron chi connectivity index (χ0n) is 9.76. The molecule has 0 aromatic rings. The van der Waals surface area contributed by atoms with Crippen LogP contribution >= 0.6 is 0 Å². The Kier molecular flexibility index (Phi) is 5.55. The smallest absolute Gasteiger partial charge is 0.409 e. The van der Waals surface area contributed by atoms with Crippen molar-refractivity contribution < 1.29 is 19.7 Å². The third-order valence-corrected chi connectivity index (χ3v) is 2.94. The number of hydrogen-bond donors (Lipinski definition) is 2. The van der Waals surface area contributed by atoms with Gasteiger partial charge in [0.1, 0.15) is 0 Å². The van der Waals surface area contributed by atoms with Crippen LogP contribution in [0, 0.1) is 5.92 Å². The zero-order valence-corrected chi connectivity index (χ0v) is 9.76. The predicted molar refractivity (Wildman–Crippen MR) is 59.0 cm³/mol. The molecule has 0 saturated carbocycles. The molecule has 0 spiro atoms. The van der Waals surface area contributed by atoms with Crippen molar-refractivity contribution in [3.63, 3.8) is 0 Å². The highest BCUT2D eigenvalue weighted by Crippen LogP contribution is 2.20. The van der Waals surface area contributed by atoms with Crippen LogP contribution in [0.25, 0.3) is 0 Å². The summed E-state index contributed by atoms with van der Waals surface area (Å²) in [6.07, 6.45) is 1.57. The summed E-state index contributed by atoms with van der Waals surface area (Å²) in [5.74, 6) is -0.0243. The van der Waals surface area contributed by atoms with E-state index < -0.39 is 6.10 Å². The molecule has 0 aliphatic carbocycles. The van der Waals surface area contributed by atoms with Crippen LogP contribution < -0.4 is 0 Å². The van der Waals surface area contributed by atoms with Crippen molar-refractivity contribution in [1.29, 1.82) is 0 Å². The van der Waals surface area contributed by atoms with Gasteiger partial charge in [0.2, 0.25) is 0 Å². The van der Waals surface area contributed by atoms with Gasteiger partial charge in [-0.1, -0.05) is 13.3 Å². The molecule has 0 bridgehead atoms. The highest BCUT2D eigenvalue weighted by Gasteiger charge is 2.31. The Morgan fingerprint density at radius 3 is 3.00 bits per heavy atom. The van der Waals surface area contributed by atoms with Gasteiger partial charge >= 0.3 is 6.09 Å². The standard InChI is InChI=1S/C11H21NO4/c1-2-3-6-16-11(15)12-5-4-9(7-12)10(14)8-13/h9-10,13-14H,2-8H2,1H3. The predicted octanol–water partition coefficient (Wildman–Crippen LogP) is 0.598. The fraction of sp³-hybridized carbons (Fsp3) is 0.909. The monoisotopic (exact) mass is 231 g/mol. The fourth-order valence-corrected chi connectivity index (χ4v) is 1.81. The fourth-order valence-electron chi connectivity index (χ4n) is 1.81. The highest BCUT2D eigenvalue weighted by atomic mass is 16.6. The molecule has 5 nitrogen and oxygen atoms in total. The van der Waals surface area contributed by atoms with Crippen molar-refractivity contribution in [2.75, 3.05) is 26.3 Å². The van der Waals surface area contributed by atoms with Crippen LogP contribution in [0.3, 0.4) is 0 Å². The SMILES string of the molecule is CCCCOC(=O)N1CCC(C(O)CO)C1. The maximum absolute atomic E-state index is 11.5. The van der Waals surface area contributed by atoms with E-state index in [1.54, 1.807) is 4.90 Å². The lowest BCUT2D eigenvalue weighted by atomic mass is 10.0. The number of carbonyl (C=O) groups excluding carboxylic acids is 1. The number of likely N-dealkylation sites (tertiary alicyclic amines) is 1. The average molecular weight is 231 g/mol. The van der Waals surface area contributed by atoms with Gasteiger partial charge < -0.3 is 19.8 Å². The maximum Gasteiger partial charge on any atom is 0.409 e. The third kappa shape index (κ3) is 3.64. The Bertz CT molecular complexity index is 222. The Morgan fingerprint density at radius 1 is 1.62 bits per heavy atom. The number of ether oxygens (including phenoxy) is 1. The first-order valence-corrected chi connectivity index (χ1v) is 5.89. The summed E-state index contributed by atoms with van der Waals surface area (Å²) in [5, 5.41) is 18.3. The van der Waals surface area contributed by atoms with E-state index in [0.717, 1.165) is 19.3 Å². The number of aliphatic hydroxyl groups is 2. The quantitative estimate of drug-likeness (QED) is 0.680. The van der Waals surface area contributed by atoms with Gasteiger partial charge in [-0.2, -0.15) is 0 Å². The summed E-state index contributed by atoms with van der Waals surface area (Å²) in [7, 11) is 0. The third-order valence-electron chi connectivity index (χ3n) is 2.94. The number of carbonyl (C=O) groups is 1.